The first-order valence-electron chi connectivity index (χ1n) is 5.82. The number of hydrogen-bond acceptors (Lipinski definition) is 3. The molecule has 0 bridgehead atoms. The third-order valence-electron chi connectivity index (χ3n) is 3.01. The molecule has 1 N–H and O–H groups in total. The number of hydrogen-bond donors (Lipinski definition) is 1. The second-order valence-electron chi connectivity index (χ2n) is 4.40. The lowest BCUT2D eigenvalue weighted by Gasteiger charge is -2.22. The molecule has 1 aromatic rings. The SMILES string of the molecule is O=S(=O)(NC1CCCCC1)c1cnc(Cl)c(Br)c1. The van der Waals surface area contributed by atoms with Crippen LogP contribution in [0.15, 0.2) is 21.6 Å². The highest BCUT2D eigenvalue weighted by Gasteiger charge is 2.22. The van der Waals surface area contributed by atoms with Crippen LogP contribution >= 0.6 is 27.5 Å². The molecule has 1 saturated carbocycles. The molecule has 1 heterocycles. The normalized spacial score (nSPS) is 17.9. The van der Waals surface area contributed by atoms with Crippen molar-refractivity contribution in [3.8, 4) is 0 Å². The van der Waals surface area contributed by atoms with Crippen molar-refractivity contribution in [2.75, 3.05) is 0 Å². The number of halogens is 2. The number of aromatic nitrogens is 1. The molecule has 0 radical (unpaired) electrons. The summed E-state index contributed by atoms with van der Waals surface area (Å²) in [6, 6.07) is 1.51. The van der Waals surface area contributed by atoms with Gasteiger partial charge in [0.1, 0.15) is 10.0 Å². The first kappa shape index (κ1) is 14.2. The average molecular weight is 354 g/mol. The molecule has 1 aliphatic rings. The summed E-state index contributed by atoms with van der Waals surface area (Å²) < 4.78 is 27.5. The summed E-state index contributed by atoms with van der Waals surface area (Å²) in [5, 5.41) is 0.256. The molecule has 1 fully saturated rings. The van der Waals surface area contributed by atoms with Gasteiger partial charge in [0.15, 0.2) is 0 Å². The molecule has 1 aromatic heterocycles. The molecule has 4 nitrogen and oxygen atoms in total. The van der Waals surface area contributed by atoms with Crippen LogP contribution < -0.4 is 4.72 Å². The van der Waals surface area contributed by atoms with E-state index >= 15 is 0 Å². The van der Waals surface area contributed by atoms with Gasteiger partial charge in [-0.2, -0.15) is 0 Å². The van der Waals surface area contributed by atoms with E-state index in [2.05, 4.69) is 25.6 Å². The zero-order valence-electron chi connectivity index (χ0n) is 9.70. The van der Waals surface area contributed by atoms with E-state index in [-0.39, 0.29) is 16.1 Å². The highest BCUT2D eigenvalue weighted by atomic mass is 79.9. The van der Waals surface area contributed by atoms with Crippen LogP contribution in [0.1, 0.15) is 32.1 Å². The Kier molecular flexibility index (Phi) is 4.64. The van der Waals surface area contributed by atoms with E-state index in [0.717, 1.165) is 25.7 Å². The lowest BCUT2D eigenvalue weighted by Crippen LogP contribution is -2.36. The van der Waals surface area contributed by atoms with Gasteiger partial charge in [0.2, 0.25) is 10.0 Å². The zero-order chi connectivity index (χ0) is 13.2. The summed E-state index contributed by atoms with van der Waals surface area (Å²) in [7, 11) is -3.50. The molecule has 0 amide bonds. The predicted molar refractivity (Wildman–Crippen MR) is 74.1 cm³/mol. The second kappa shape index (κ2) is 5.86. The minimum absolute atomic E-state index is 0.0400. The molecule has 0 saturated heterocycles. The first-order chi connectivity index (χ1) is 8.49. The van der Waals surface area contributed by atoms with Gasteiger partial charge in [-0.3, -0.25) is 0 Å². The molecule has 0 aromatic carbocycles. The zero-order valence-corrected chi connectivity index (χ0v) is 12.9. The largest absolute Gasteiger partial charge is 0.242 e. The molecule has 7 heteroatoms. The van der Waals surface area contributed by atoms with E-state index in [0.29, 0.717) is 4.47 Å². The third kappa shape index (κ3) is 3.44. The van der Waals surface area contributed by atoms with Crippen molar-refractivity contribution in [2.24, 2.45) is 0 Å². The van der Waals surface area contributed by atoms with Gasteiger partial charge in [-0.25, -0.2) is 18.1 Å². The third-order valence-corrected chi connectivity index (χ3v) is 5.63. The van der Waals surface area contributed by atoms with Crippen molar-refractivity contribution >= 4 is 37.6 Å². The maximum atomic E-state index is 12.1. The average Bonchev–Trinajstić information content (AvgIpc) is 2.33. The summed E-state index contributed by atoms with van der Waals surface area (Å²) in [5.41, 5.74) is 0. The van der Waals surface area contributed by atoms with E-state index in [4.69, 9.17) is 11.6 Å². The quantitative estimate of drug-likeness (QED) is 0.849. The Morgan fingerprint density at radius 2 is 2.00 bits per heavy atom. The maximum Gasteiger partial charge on any atom is 0.242 e. The van der Waals surface area contributed by atoms with E-state index in [1.807, 2.05) is 0 Å². The van der Waals surface area contributed by atoms with Gasteiger partial charge in [-0.05, 0) is 34.8 Å². The van der Waals surface area contributed by atoms with Crippen molar-refractivity contribution in [1.29, 1.82) is 0 Å². The molecular formula is C11H14BrClN2O2S. The Hall–Kier alpha value is -0.170. The summed E-state index contributed by atoms with van der Waals surface area (Å²) >= 11 is 8.93. The Labute approximate surface area is 120 Å². The van der Waals surface area contributed by atoms with Crippen LogP contribution in [0.5, 0.6) is 0 Å². The Morgan fingerprint density at radius 3 is 2.61 bits per heavy atom. The number of rotatable bonds is 3. The highest BCUT2D eigenvalue weighted by Crippen LogP contribution is 2.24. The summed E-state index contributed by atoms with van der Waals surface area (Å²) in [4.78, 5) is 3.98. The Morgan fingerprint density at radius 1 is 1.33 bits per heavy atom. The van der Waals surface area contributed by atoms with Gasteiger partial charge in [0, 0.05) is 12.2 Å². The summed E-state index contributed by atoms with van der Waals surface area (Å²) in [6.07, 6.45) is 6.43. The van der Waals surface area contributed by atoms with Crippen LogP contribution in [0.2, 0.25) is 5.15 Å². The molecule has 0 unspecified atom stereocenters. The fourth-order valence-electron chi connectivity index (χ4n) is 2.06. The first-order valence-corrected chi connectivity index (χ1v) is 8.48. The molecular weight excluding hydrogens is 340 g/mol. The van der Waals surface area contributed by atoms with Crippen LogP contribution in [0.4, 0.5) is 0 Å². The summed E-state index contributed by atoms with van der Waals surface area (Å²) in [5.74, 6) is 0. The van der Waals surface area contributed by atoms with Gasteiger partial charge in [-0.15, -0.1) is 0 Å². The van der Waals surface area contributed by atoms with Gasteiger partial charge >= 0.3 is 0 Å². The van der Waals surface area contributed by atoms with E-state index < -0.39 is 10.0 Å². The minimum atomic E-state index is -3.50. The summed E-state index contributed by atoms with van der Waals surface area (Å²) in [6.45, 7) is 0. The lowest BCUT2D eigenvalue weighted by atomic mass is 9.96. The number of pyridine rings is 1. The van der Waals surface area contributed by atoms with Crippen LogP contribution in [0.25, 0.3) is 0 Å². The molecule has 2 rings (SSSR count). The maximum absolute atomic E-state index is 12.1. The van der Waals surface area contributed by atoms with Crippen molar-refractivity contribution in [1.82, 2.24) is 9.71 Å². The molecule has 100 valence electrons. The van der Waals surface area contributed by atoms with Crippen molar-refractivity contribution in [2.45, 2.75) is 43.0 Å². The van der Waals surface area contributed by atoms with Gasteiger partial charge < -0.3 is 0 Å². The Bertz CT molecular complexity index is 530. The molecule has 1 aliphatic carbocycles. The standard InChI is InChI=1S/C11H14BrClN2O2S/c12-10-6-9(7-14-11(10)13)18(16,17)15-8-4-2-1-3-5-8/h6-8,15H,1-5H2. The van der Waals surface area contributed by atoms with Gasteiger partial charge in [0.05, 0.1) is 4.47 Å². The molecule has 18 heavy (non-hydrogen) atoms. The van der Waals surface area contributed by atoms with Crippen LogP contribution in [0, 0.1) is 0 Å². The predicted octanol–water partition coefficient (Wildman–Crippen LogP) is 3.11. The second-order valence-corrected chi connectivity index (χ2v) is 7.33. The van der Waals surface area contributed by atoms with Crippen molar-refractivity contribution in [3.63, 3.8) is 0 Å². The van der Waals surface area contributed by atoms with E-state index in [1.54, 1.807) is 0 Å². The van der Waals surface area contributed by atoms with E-state index in [1.165, 1.54) is 18.7 Å². The number of sulfonamides is 1. The highest BCUT2D eigenvalue weighted by molar-refractivity contribution is 9.10. The van der Waals surface area contributed by atoms with Crippen LogP contribution in [0.3, 0.4) is 0 Å². The number of nitrogens with one attached hydrogen (secondary N) is 1. The number of nitrogens with zero attached hydrogens (tertiary/aromatic N) is 1. The van der Waals surface area contributed by atoms with Crippen LogP contribution in [-0.2, 0) is 10.0 Å². The van der Waals surface area contributed by atoms with Gasteiger partial charge in [0.25, 0.3) is 0 Å². The molecule has 0 aliphatic heterocycles. The molecule has 0 atom stereocenters. The topological polar surface area (TPSA) is 59.1 Å². The van der Waals surface area contributed by atoms with Crippen molar-refractivity contribution < 1.29 is 8.42 Å². The minimum Gasteiger partial charge on any atom is -0.242 e. The lowest BCUT2D eigenvalue weighted by molar-refractivity contribution is 0.412. The van der Waals surface area contributed by atoms with Crippen LogP contribution in [-0.4, -0.2) is 19.4 Å². The van der Waals surface area contributed by atoms with Crippen molar-refractivity contribution in [3.05, 3.63) is 21.9 Å². The molecule has 0 spiro atoms. The Balaban J connectivity index is 2.16. The fourth-order valence-corrected chi connectivity index (χ4v) is 3.94. The monoisotopic (exact) mass is 352 g/mol. The van der Waals surface area contributed by atoms with Gasteiger partial charge in [-0.1, -0.05) is 30.9 Å². The van der Waals surface area contributed by atoms with E-state index in [9.17, 15) is 8.42 Å². The smallest absolute Gasteiger partial charge is 0.242 e. The fraction of sp³-hybridized carbons (Fsp3) is 0.545.